The average Bonchev–Trinajstić information content (AvgIpc) is 2.95. The van der Waals surface area contributed by atoms with Gasteiger partial charge >= 0.3 is 6.09 Å². The second kappa shape index (κ2) is 7.43. The Morgan fingerprint density at radius 1 is 1.15 bits per heavy atom. The second-order valence-electron chi connectivity index (χ2n) is 6.06. The first-order valence-corrected chi connectivity index (χ1v) is 9.40. The topological polar surface area (TPSA) is 72.9 Å². The van der Waals surface area contributed by atoms with Crippen molar-refractivity contribution in [3.63, 3.8) is 0 Å². The maximum atomic E-state index is 12.9. The van der Waals surface area contributed by atoms with E-state index in [2.05, 4.69) is 0 Å². The van der Waals surface area contributed by atoms with Crippen molar-refractivity contribution in [1.82, 2.24) is 4.90 Å². The fourth-order valence-electron chi connectivity index (χ4n) is 2.54. The normalized spacial score (nSPS) is 17.4. The third-order valence-corrected chi connectivity index (χ3v) is 5.25. The zero-order chi connectivity index (χ0) is 18.7. The number of halogens is 1. The van der Waals surface area contributed by atoms with Crippen molar-refractivity contribution in [2.75, 3.05) is 13.2 Å². The van der Waals surface area contributed by atoms with E-state index < -0.39 is 22.3 Å². The Bertz CT molecular complexity index is 881. The number of benzene rings is 2. The summed E-state index contributed by atoms with van der Waals surface area (Å²) in [7, 11) is -3.91. The number of amides is 1. The van der Waals surface area contributed by atoms with Gasteiger partial charge in [-0.15, -0.1) is 0 Å². The van der Waals surface area contributed by atoms with Gasteiger partial charge in [0.05, 0.1) is 11.4 Å². The highest BCUT2D eigenvalue weighted by molar-refractivity contribution is 7.86. The van der Waals surface area contributed by atoms with Crippen molar-refractivity contribution >= 4 is 16.2 Å². The van der Waals surface area contributed by atoms with Crippen LogP contribution in [0.5, 0.6) is 0 Å². The van der Waals surface area contributed by atoms with Crippen LogP contribution in [-0.4, -0.2) is 38.7 Å². The number of carbonyl (C=O) groups is 1. The molecule has 0 radical (unpaired) electrons. The van der Waals surface area contributed by atoms with E-state index in [9.17, 15) is 17.6 Å². The molecule has 0 spiro atoms. The minimum absolute atomic E-state index is 0.0515. The summed E-state index contributed by atoms with van der Waals surface area (Å²) >= 11 is 0. The lowest BCUT2D eigenvalue weighted by atomic mass is 10.2. The highest BCUT2D eigenvalue weighted by Gasteiger charge is 2.32. The summed E-state index contributed by atoms with van der Waals surface area (Å²) in [5.41, 5.74) is 1.68. The van der Waals surface area contributed by atoms with Gasteiger partial charge in [-0.05, 0) is 36.8 Å². The van der Waals surface area contributed by atoms with Crippen LogP contribution >= 0.6 is 0 Å². The molecule has 1 saturated heterocycles. The summed E-state index contributed by atoms with van der Waals surface area (Å²) in [5, 5.41) is 0. The highest BCUT2D eigenvalue weighted by Crippen LogP contribution is 2.18. The van der Waals surface area contributed by atoms with Crippen molar-refractivity contribution in [2.45, 2.75) is 24.5 Å². The zero-order valence-electron chi connectivity index (χ0n) is 14.1. The van der Waals surface area contributed by atoms with Gasteiger partial charge in [0.15, 0.2) is 0 Å². The van der Waals surface area contributed by atoms with Crippen LogP contribution in [0.25, 0.3) is 0 Å². The molecule has 8 heteroatoms. The van der Waals surface area contributed by atoms with Gasteiger partial charge < -0.3 is 9.64 Å². The van der Waals surface area contributed by atoms with Crippen LogP contribution in [0.3, 0.4) is 0 Å². The summed E-state index contributed by atoms with van der Waals surface area (Å²) in [5.74, 6) is -0.356. The van der Waals surface area contributed by atoms with E-state index in [-0.39, 0.29) is 30.4 Å². The van der Waals surface area contributed by atoms with E-state index >= 15 is 0 Å². The van der Waals surface area contributed by atoms with Gasteiger partial charge in [0.25, 0.3) is 10.1 Å². The molecular weight excluding hydrogens is 361 g/mol. The molecule has 1 aliphatic heterocycles. The number of cyclic esters (lactones) is 1. The Hall–Kier alpha value is -2.45. The molecule has 0 saturated carbocycles. The maximum Gasteiger partial charge on any atom is 0.410 e. The Labute approximate surface area is 151 Å². The van der Waals surface area contributed by atoms with Gasteiger partial charge in [-0.3, -0.25) is 4.18 Å². The van der Waals surface area contributed by atoms with Gasteiger partial charge in [0.1, 0.15) is 18.5 Å². The number of nitrogens with zero attached hydrogens (tertiary/aromatic N) is 1. The third kappa shape index (κ3) is 4.39. The molecular formula is C18H18FNO5S. The Morgan fingerprint density at radius 2 is 1.81 bits per heavy atom. The Balaban J connectivity index is 1.57. The molecule has 1 fully saturated rings. The van der Waals surface area contributed by atoms with Crippen LogP contribution in [0.15, 0.2) is 53.4 Å². The number of rotatable bonds is 6. The molecule has 1 amide bonds. The number of carbonyl (C=O) groups excluding carboxylic acids is 1. The minimum atomic E-state index is -3.91. The van der Waals surface area contributed by atoms with Crippen LogP contribution in [0, 0.1) is 12.7 Å². The SMILES string of the molecule is Cc1ccc(S(=O)(=O)OCC2CN(Cc3ccc(F)cc3)C(=O)O2)cc1. The molecule has 2 aromatic rings. The van der Waals surface area contributed by atoms with Crippen molar-refractivity contribution < 1.29 is 26.5 Å². The lowest BCUT2D eigenvalue weighted by molar-refractivity contribution is 0.104. The van der Waals surface area contributed by atoms with Gasteiger partial charge in [-0.25, -0.2) is 9.18 Å². The molecule has 138 valence electrons. The van der Waals surface area contributed by atoms with E-state index in [4.69, 9.17) is 8.92 Å². The number of ether oxygens (including phenoxy) is 1. The molecule has 3 rings (SSSR count). The number of aryl methyl sites for hydroxylation is 1. The maximum absolute atomic E-state index is 12.9. The van der Waals surface area contributed by atoms with Crippen LogP contribution in [0.2, 0.25) is 0 Å². The lowest BCUT2D eigenvalue weighted by Crippen LogP contribution is -2.26. The first-order chi connectivity index (χ1) is 12.3. The fraction of sp³-hybridized carbons (Fsp3) is 0.278. The van der Waals surface area contributed by atoms with Crippen LogP contribution in [-0.2, 0) is 25.6 Å². The van der Waals surface area contributed by atoms with E-state index in [1.807, 2.05) is 6.92 Å². The van der Waals surface area contributed by atoms with Crippen LogP contribution < -0.4 is 0 Å². The van der Waals surface area contributed by atoms with E-state index in [1.165, 1.54) is 29.2 Å². The van der Waals surface area contributed by atoms with E-state index in [0.29, 0.717) is 0 Å². The van der Waals surface area contributed by atoms with Crippen molar-refractivity contribution in [3.05, 3.63) is 65.5 Å². The molecule has 0 aromatic heterocycles. The summed E-state index contributed by atoms with van der Waals surface area (Å²) < 4.78 is 47.4. The molecule has 1 aliphatic rings. The van der Waals surface area contributed by atoms with Gasteiger partial charge in [0.2, 0.25) is 0 Å². The third-order valence-electron chi connectivity index (χ3n) is 3.96. The molecule has 0 bridgehead atoms. The van der Waals surface area contributed by atoms with E-state index in [1.54, 1.807) is 24.3 Å². The second-order valence-corrected chi connectivity index (χ2v) is 7.68. The predicted molar refractivity (Wildman–Crippen MR) is 91.4 cm³/mol. The van der Waals surface area contributed by atoms with Gasteiger partial charge in [-0.2, -0.15) is 8.42 Å². The number of hydrogen-bond donors (Lipinski definition) is 0. The Kier molecular flexibility index (Phi) is 5.24. The smallest absolute Gasteiger partial charge is 0.410 e. The van der Waals surface area contributed by atoms with E-state index in [0.717, 1.165) is 11.1 Å². The summed E-state index contributed by atoms with van der Waals surface area (Å²) in [6.07, 6.45) is -1.25. The molecule has 0 N–H and O–H groups in total. The molecule has 1 atom stereocenters. The van der Waals surface area contributed by atoms with Crippen LogP contribution in [0.1, 0.15) is 11.1 Å². The van der Waals surface area contributed by atoms with Crippen molar-refractivity contribution in [2.24, 2.45) is 0 Å². The van der Waals surface area contributed by atoms with Crippen molar-refractivity contribution in [3.8, 4) is 0 Å². The molecule has 0 aliphatic carbocycles. The first-order valence-electron chi connectivity index (χ1n) is 7.99. The molecule has 1 unspecified atom stereocenters. The lowest BCUT2D eigenvalue weighted by Gasteiger charge is -2.13. The molecule has 6 nitrogen and oxygen atoms in total. The quantitative estimate of drug-likeness (QED) is 0.722. The van der Waals surface area contributed by atoms with Gasteiger partial charge in [-0.1, -0.05) is 29.8 Å². The summed E-state index contributed by atoms with van der Waals surface area (Å²) in [4.78, 5) is 13.4. The number of hydrogen-bond acceptors (Lipinski definition) is 5. The van der Waals surface area contributed by atoms with Crippen LogP contribution in [0.4, 0.5) is 9.18 Å². The standard InChI is InChI=1S/C18H18FNO5S/c1-13-2-8-17(9-3-13)26(22,23)24-12-16-11-20(18(21)25-16)10-14-4-6-15(19)7-5-14/h2-9,16H,10-12H2,1H3. The molecule has 1 heterocycles. The minimum Gasteiger partial charge on any atom is -0.442 e. The first kappa shape index (κ1) is 18.3. The highest BCUT2D eigenvalue weighted by atomic mass is 32.2. The van der Waals surface area contributed by atoms with Crippen molar-refractivity contribution in [1.29, 1.82) is 0 Å². The largest absolute Gasteiger partial charge is 0.442 e. The zero-order valence-corrected chi connectivity index (χ0v) is 14.9. The monoisotopic (exact) mass is 379 g/mol. The average molecular weight is 379 g/mol. The molecule has 26 heavy (non-hydrogen) atoms. The van der Waals surface area contributed by atoms with Gasteiger partial charge in [0, 0.05) is 6.54 Å². The predicted octanol–water partition coefficient (Wildman–Crippen LogP) is 2.86. The fourth-order valence-corrected chi connectivity index (χ4v) is 3.48. The summed E-state index contributed by atoms with van der Waals surface area (Å²) in [6, 6.07) is 12.1. The summed E-state index contributed by atoms with van der Waals surface area (Å²) in [6.45, 7) is 2.03. The molecule has 2 aromatic carbocycles. The Morgan fingerprint density at radius 3 is 2.46 bits per heavy atom.